The number of alkyl carbamates (subject to hydrolysis) is 1. The van der Waals surface area contributed by atoms with Gasteiger partial charge in [-0.3, -0.25) is 4.79 Å². The molecule has 2 amide bonds. The Balaban J connectivity index is 1.89. The minimum absolute atomic E-state index is 0.0732. The first-order valence-corrected chi connectivity index (χ1v) is 12.4. The molecule has 38 heavy (non-hydrogen) atoms. The van der Waals surface area contributed by atoms with Crippen LogP contribution in [0.25, 0.3) is 0 Å². The summed E-state index contributed by atoms with van der Waals surface area (Å²) in [6, 6.07) is 6.05. The largest absolute Gasteiger partial charge is 0.490 e. The van der Waals surface area contributed by atoms with Crippen molar-refractivity contribution < 1.29 is 46.6 Å². The first-order valence-electron chi connectivity index (χ1n) is 12.4. The normalized spacial score (nSPS) is 24.1. The fourth-order valence-electron chi connectivity index (χ4n) is 5.09. The molecule has 2 fully saturated rings. The molecule has 0 spiro atoms. The molecule has 1 aliphatic heterocycles. The van der Waals surface area contributed by atoms with Crippen molar-refractivity contribution in [2.24, 2.45) is 5.92 Å². The number of ether oxygens (including phenoxy) is 3. The number of halogens is 3. The summed E-state index contributed by atoms with van der Waals surface area (Å²) < 4.78 is 53.3. The lowest BCUT2D eigenvalue weighted by Gasteiger charge is -2.38. The molecule has 12 heteroatoms. The highest BCUT2D eigenvalue weighted by Gasteiger charge is 2.52. The SMILES string of the molecule is COC(=O)[C@@H]1C[C@@H]2CC[C@@H](OC(=O)C(F)(F)F)C[C@@H]2N1C(=O)[C@H](Cc1ccccc1)NC(=O)OC(C)(C)C. The molecule has 1 saturated carbocycles. The number of alkyl halides is 3. The highest BCUT2D eigenvalue weighted by molar-refractivity contribution is 5.91. The average molecular weight is 543 g/mol. The van der Waals surface area contributed by atoms with Gasteiger partial charge in [0, 0.05) is 18.9 Å². The van der Waals surface area contributed by atoms with E-state index in [2.05, 4.69) is 10.1 Å². The Bertz CT molecular complexity index is 1030. The Hall–Kier alpha value is -3.31. The van der Waals surface area contributed by atoms with Gasteiger partial charge in [0.25, 0.3) is 0 Å². The summed E-state index contributed by atoms with van der Waals surface area (Å²) in [6.45, 7) is 5.01. The molecule has 3 rings (SSSR count). The summed E-state index contributed by atoms with van der Waals surface area (Å²) in [6.07, 6.45) is -6.30. The van der Waals surface area contributed by atoms with E-state index >= 15 is 0 Å². The van der Waals surface area contributed by atoms with Crippen molar-refractivity contribution in [2.45, 2.75) is 88.9 Å². The number of esters is 2. The third kappa shape index (κ3) is 7.38. The summed E-state index contributed by atoms with van der Waals surface area (Å²) in [4.78, 5) is 52.0. The number of fused-ring (bicyclic) bond motifs is 1. The second kappa shape index (κ2) is 11.6. The topological polar surface area (TPSA) is 111 Å². The van der Waals surface area contributed by atoms with Crippen molar-refractivity contribution in [1.29, 1.82) is 0 Å². The number of amides is 2. The Labute approximate surface area is 219 Å². The number of likely N-dealkylation sites (tertiary alicyclic amines) is 1. The minimum atomic E-state index is -5.14. The van der Waals surface area contributed by atoms with Gasteiger partial charge in [-0.2, -0.15) is 13.2 Å². The molecule has 1 heterocycles. The third-order valence-corrected chi connectivity index (χ3v) is 6.63. The van der Waals surface area contributed by atoms with Crippen molar-refractivity contribution in [3.05, 3.63) is 35.9 Å². The van der Waals surface area contributed by atoms with E-state index in [1.807, 2.05) is 0 Å². The summed E-state index contributed by atoms with van der Waals surface area (Å²) in [5.41, 5.74) is -0.107. The van der Waals surface area contributed by atoms with Crippen molar-refractivity contribution in [1.82, 2.24) is 10.2 Å². The molecule has 1 N–H and O–H groups in total. The van der Waals surface area contributed by atoms with Crippen LogP contribution in [0.15, 0.2) is 30.3 Å². The lowest BCUT2D eigenvalue weighted by molar-refractivity contribution is -0.207. The van der Waals surface area contributed by atoms with E-state index in [0.29, 0.717) is 6.42 Å². The number of carbonyl (C=O) groups excluding carboxylic acids is 4. The lowest BCUT2D eigenvalue weighted by atomic mass is 9.83. The number of hydrogen-bond donors (Lipinski definition) is 1. The van der Waals surface area contributed by atoms with Crippen LogP contribution in [-0.2, 0) is 35.0 Å². The number of carbonyl (C=O) groups is 4. The van der Waals surface area contributed by atoms with Crippen LogP contribution in [0.4, 0.5) is 18.0 Å². The predicted octanol–water partition coefficient (Wildman–Crippen LogP) is 3.54. The third-order valence-electron chi connectivity index (χ3n) is 6.63. The molecule has 0 bridgehead atoms. The zero-order valence-electron chi connectivity index (χ0n) is 21.7. The van der Waals surface area contributed by atoms with Crippen LogP contribution in [0.1, 0.15) is 52.0 Å². The monoisotopic (exact) mass is 542 g/mol. The predicted molar refractivity (Wildman–Crippen MR) is 128 cm³/mol. The maximum Gasteiger partial charge on any atom is 0.490 e. The zero-order chi connectivity index (χ0) is 28.3. The van der Waals surface area contributed by atoms with Gasteiger partial charge in [-0.05, 0) is 51.5 Å². The fourth-order valence-corrected chi connectivity index (χ4v) is 5.09. The highest BCUT2D eigenvalue weighted by atomic mass is 19.4. The van der Waals surface area contributed by atoms with Crippen LogP contribution >= 0.6 is 0 Å². The molecule has 5 atom stereocenters. The lowest BCUT2D eigenvalue weighted by Crippen LogP contribution is -2.56. The van der Waals surface area contributed by atoms with Crippen LogP contribution < -0.4 is 5.32 Å². The van der Waals surface area contributed by atoms with Crippen LogP contribution in [0, 0.1) is 5.92 Å². The Morgan fingerprint density at radius 3 is 2.29 bits per heavy atom. The van der Waals surface area contributed by atoms with Gasteiger partial charge in [0.15, 0.2) is 0 Å². The number of hydrogen-bond acceptors (Lipinski definition) is 7. The van der Waals surface area contributed by atoms with E-state index in [0.717, 1.165) is 5.56 Å². The standard InChI is InChI=1S/C26H33F3N2O7/c1-25(2,3)38-24(35)30-18(12-15-8-6-5-7-9-15)21(32)31-19-14-17(37-23(34)26(27,28)29)11-10-16(19)13-20(31)22(33)36-4/h5-9,16-20H,10-14H2,1-4H3,(H,30,35)/t16-,17+,18-,19-,20-/m0/s1. The maximum atomic E-state index is 14.0. The van der Waals surface area contributed by atoms with Gasteiger partial charge in [0.2, 0.25) is 5.91 Å². The summed E-state index contributed by atoms with van der Waals surface area (Å²) in [5, 5.41) is 2.60. The second-order valence-electron chi connectivity index (χ2n) is 10.6. The molecule has 210 valence electrons. The molecular formula is C26H33F3N2O7. The number of methoxy groups -OCH3 is 1. The number of rotatable bonds is 6. The summed E-state index contributed by atoms with van der Waals surface area (Å²) >= 11 is 0. The van der Waals surface area contributed by atoms with Crippen molar-refractivity contribution in [3.63, 3.8) is 0 Å². The van der Waals surface area contributed by atoms with Crippen LogP contribution in [0.5, 0.6) is 0 Å². The molecule has 1 aromatic rings. The zero-order valence-corrected chi connectivity index (χ0v) is 21.7. The number of nitrogens with one attached hydrogen (secondary N) is 1. The highest BCUT2D eigenvalue weighted by Crippen LogP contribution is 2.42. The van der Waals surface area contributed by atoms with Gasteiger partial charge >= 0.3 is 24.2 Å². The second-order valence-corrected chi connectivity index (χ2v) is 10.6. The molecule has 0 radical (unpaired) electrons. The van der Waals surface area contributed by atoms with Crippen LogP contribution in [0.2, 0.25) is 0 Å². The molecule has 2 aliphatic rings. The Morgan fingerprint density at radius 2 is 1.71 bits per heavy atom. The minimum Gasteiger partial charge on any atom is -0.467 e. The Kier molecular flexibility index (Phi) is 8.94. The molecule has 1 aromatic carbocycles. The van der Waals surface area contributed by atoms with Crippen LogP contribution in [-0.4, -0.2) is 72.0 Å². The van der Waals surface area contributed by atoms with E-state index in [9.17, 15) is 32.3 Å². The average Bonchev–Trinajstić information content (AvgIpc) is 3.20. The van der Waals surface area contributed by atoms with E-state index < -0.39 is 59.9 Å². The summed E-state index contributed by atoms with van der Waals surface area (Å²) in [7, 11) is 1.18. The maximum absolute atomic E-state index is 14.0. The quantitative estimate of drug-likeness (QED) is 0.432. The van der Waals surface area contributed by atoms with Crippen LogP contribution in [0.3, 0.4) is 0 Å². The molecule has 1 aliphatic carbocycles. The Morgan fingerprint density at radius 1 is 1.05 bits per heavy atom. The van der Waals surface area contributed by atoms with Gasteiger partial charge in [-0.25, -0.2) is 14.4 Å². The summed E-state index contributed by atoms with van der Waals surface area (Å²) in [5.74, 6) is -3.80. The number of nitrogens with zero attached hydrogens (tertiary/aromatic N) is 1. The molecule has 9 nitrogen and oxygen atoms in total. The van der Waals surface area contributed by atoms with Crippen molar-refractivity contribution in [2.75, 3.05) is 7.11 Å². The van der Waals surface area contributed by atoms with E-state index in [1.54, 1.807) is 51.1 Å². The molecular weight excluding hydrogens is 509 g/mol. The van der Waals surface area contributed by atoms with E-state index in [4.69, 9.17) is 9.47 Å². The van der Waals surface area contributed by atoms with E-state index in [1.165, 1.54) is 12.0 Å². The van der Waals surface area contributed by atoms with E-state index in [-0.39, 0.29) is 31.6 Å². The first kappa shape index (κ1) is 29.2. The van der Waals surface area contributed by atoms with Crippen molar-refractivity contribution >= 4 is 23.9 Å². The molecule has 0 aromatic heterocycles. The van der Waals surface area contributed by atoms with Gasteiger partial charge in [0.1, 0.15) is 23.8 Å². The number of benzene rings is 1. The first-order chi connectivity index (χ1) is 17.7. The fraction of sp³-hybridized carbons (Fsp3) is 0.615. The van der Waals surface area contributed by atoms with Gasteiger partial charge in [0.05, 0.1) is 7.11 Å². The van der Waals surface area contributed by atoms with Gasteiger partial charge < -0.3 is 24.4 Å². The van der Waals surface area contributed by atoms with Gasteiger partial charge in [-0.15, -0.1) is 0 Å². The molecule has 1 saturated heterocycles. The smallest absolute Gasteiger partial charge is 0.467 e. The van der Waals surface area contributed by atoms with Gasteiger partial charge in [-0.1, -0.05) is 30.3 Å². The molecule has 0 unspecified atom stereocenters. The van der Waals surface area contributed by atoms with Crippen molar-refractivity contribution in [3.8, 4) is 0 Å².